The lowest BCUT2D eigenvalue weighted by molar-refractivity contribution is -1.73. The van der Waals surface area contributed by atoms with Gasteiger partial charge in [-0.15, -0.1) is 0 Å². The van der Waals surface area contributed by atoms with Gasteiger partial charge >= 0.3 is 0 Å². The molecule has 26 heavy (non-hydrogen) atoms. The molecule has 152 valence electrons. The number of unbranched alkanes of at least 4 members (excludes halogenated alkanes) is 13. The quantitative estimate of drug-likeness (QED) is 0.343. The number of pyridine rings is 1. The van der Waals surface area contributed by atoms with Crippen LogP contribution in [0.4, 0.5) is 0 Å². The fraction of sp³-hybridized carbons (Fsp3) is 0.762. The molecule has 0 saturated carbocycles. The van der Waals surface area contributed by atoms with Crippen molar-refractivity contribution >= 4 is 0 Å². The van der Waals surface area contributed by atoms with Crippen molar-refractivity contribution in [2.45, 2.75) is 103 Å². The maximum absolute atomic E-state index is 8.41. The van der Waals surface area contributed by atoms with E-state index < -0.39 is 10.8 Å². The van der Waals surface area contributed by atoms with Crippen LogP contribution in [-0.2, 0) is 6.54 Å². The van der Waals surface area contributed by atoms with E-state index >= 15 is 0 Å². The van der Waals surface area contributed by atoms with Gasteiger partial charge in [-0.25, -0.2) is 4.57 Å². The summed E-state index contributed by atoms with van der Waals surface area (Å²) in [7, 11) is -2.85. The molecule has 1 heterocycles. The molecule has 1 aromatic rings. The second-order valence-corrected chi connectivity index (χ2v) is 7.28. The molecule has 1 rings (SSSR count). The number of aromatic nitrogens is 1. The molecule has 0 atom stereocenters. The summed E-state index contributed by atoms with van der Waals surface area (Å²) in [5, 5.41) is 0. The Morgan fingerprint density at radius 2 is 0.923 bits per heavy atom. The van der Waals surface area contributed by atoms with Crippen LogP contribution in [0.15, 0.2) is 30.6 Å². The maximum Gasteiger partial charge on any atom is 0.168 e. The minimum atomic E-state index is -2.85. The average Bonchev–Trinajstić information content (AvgIpc) is 2.62. The number of halogens is 1. The summed E-state index contributed by atoms with van der Waals surface area (Å²) in [4.78, 5) is 0. The molecule has 0 saturated heterocycles. The molecule has 0 aliphatic carbocycles. The first kappa shape index (κ1) is 25.3. The molecule has 0 unspecified atom stereocenters. The summed E-state index contributed by atoms with van der Waals surface area (Å²) in [6.07, 6.45) is 24.4. The van der Waals surface area contributed by atoms with Crippen molar-refractivity contribution in [2.24, 2.45) is 0 Å². The van der Waals surface area contributed by atoms with Crippen molar-refractivity contribution in [1.82, 2.24) is 0 Å². The molecule has 1 aromatic heterocycles. The Balaban J connectivity index is 0.00000141. The van der Waals surface area contributed by atoms with E-state index in [0.29, 0.717) is 0 Å². The zero-order valence-corrected chi connectivity index (χ0v) is 17.3. The Hall–Kier alpha value is -0.680. The minimum Gasteiger partial charge on any atom is -0.357 e. The first-order chi connectivity index (χ1) is 12.7. The molecule has 0 amide bonds. The van der Waals surface area contributed by atoms with Crippen LogP contribution in [0.5, 0.6) is 0 Å². The van der Waals surface area contributed by atoms with E-state index in [1.54, 1.807) is 0 Å². The van der Waals surface area contributed by atoms with Gasteiger partial charge in [0.1, 0.15) is 6.54 Å². The van der Waals surface area contributed by atoms with Gasteiger partial charge in [-0.05, 0) is 6.42 Å². The second-order valence-electron chi connectivity index (χ2n) is 6.90. The van der Waals surface area contributed by atoms with Gasteiger partial charge in [-0.3, -0.25) is 0 Å². The van der Waals surface area contributed by atoms with Crippen molar-refractivity contribution in [3.63, 3.8) is 0 Å². The van der Waals surface area contributed by atoms with Crippen LogP contribution in [0.25, 0.3) is 0 Å². The Kier molecular flexibility index (Phi) is 20.1. The van der Waals surface area contributed by atoms with E-state index in [2.05, 4.69) is 42.1 Å². The summed E-state index contributed by atoms with van der Waals surface area (Å²) in [6, 6.07) is 6.31. The zero-order chi connectivity index (χ0) is 19.3. The second kappa shape index (κ2) is 20.6. The van der Waals surface area contributed by atoms with Crippen LogP contribution in [-0.4, -0.2) is 0 Å². The molecule has 0 spiro atoms. The summed E-state index contributed by atoms with van der Waals surface area (Å²) >= 11 is 0. The summed E-state index contributed by atoms with van der Waals surface area (Å²) in [5.74, 6) is 0. The molecule has 0 radical (unpaired) electrons. The molecular weight excluding hydrogens is 350 g/mol. The van der Waals surface area contributed by atoms with Crippen molar-refractivity contribution in [3.8, 4) is 0 Å². The summed E-state index contributed by atoms with van der Waals surface area (Å²) in [6.45, 7) is 3.47. The third kappa shape index (κ3) is 21.4. The van der Waals surface area contributed by atoms with Gasteiger partial charge in [0, 0.05) is 18.6 Å². The number of rotatable bonds is 15. The molecular formula is C21H38ClNO3. The Morgan fingerprint density at radius 1 is 0.577 bits per heavy atom. The number of nitrogens with zero attached hydrogens (tertiary/aromatic N) is 1. The highest BCUT2D eigenvalue weighted by molar-refractivity contribution is 4.83. The Bertz CT molecular complexity index is 374. The van der Waals surface area contributed by atoms with Gasteiger partial charge in [0.15, 0.2) is 12.4 Å². The van der Waals surface area contributed by atoms with Gasteiger partial charge in [0.2, 0.25) is 0 Å². The predicted molar refractivity (Wildman–Crippen MR) is 96.9 cm³/mol. The van der Waals surface area contributed by atoms with Crippen LogP contribution < -0.4 is 18.5 Å². The maximum atomic E-state index is 8.41. The highest BCUT2D eigenvalue weighted by atomic mass is 35.6. The van der Waals surface area contributed by atoms with Gasteiger partial charge in [0.25, 0.3) is 0 Å². The molecule has 0 aliphatic rings. The monoisotopic (exact) mass is 387 g/mol. The predicted octanol–water partition coefficient (Wildman–Crippen LogP) is 2.89. The first-order valence-electron chi connectivity index (χ1n) is 10.3. The SMILES string of the molecule is CCCCCCCCCCCCCCCC[n+]1ccccc1.[O-][Cl+2]([O-])[O-]. The Morgan fingerprint density at radius 3 is 1.31 bits per heavy atom. The van der Waals surface area contributed by atoms with Gasteiger partial charge < -0.3 is 14.0 Å². The van der Waals surface area contributed by atoms with E-state index in [4.69, 9.17) is 14.0 Å². The fourth-order valence-corrected chi connectivity index (χ4v) is 3.07. The highest BCUT2D eigenvalue weighted by Gasteiger charge is 1.98. The third-order valence-electron chi connectivity index (χ3n) is 4.55. The van der Waals surface area contributed by atoms with Crippen molar-refractivity contribution in [1.29, 1.82) is 0 Å². The van der Waals surface area contributed by atoms with Crippen molar-refractivity contribution in [2.75, 3.05) is 0 Å². The number of aryl methyl sites for hydroxylation is 1. The smallest absolute Gasteiger partial charge is 0.168 e. The topological polar surface area (TPSA) is 73.1 Å². The molecule has 0 N–H and O–H groups in total. The van der Waals surface area contributed by atoms with E-state index in [0.717, 1.165) is 0 Å². The first-order valence-corrected chi connectivity index (χ1v) is 11.3. The van der Waals surface area contributed by atoms with Crippen LogP contribution in [0.3, 0.4) is 0 Å². The number of hydrogen-bond donors (Lipinski definition) is 0. The lowest BCUT2D eigenvalue weighted by atomic mass is 10.0. The standard InChI is InChI=1S/C21H38N.ClO3/c1-2-3-4-5-6-7-8-9-10-11-12-13-14-16-19-22-20-17-15-18-21-22;2-1(3)4/h15,17-18,20-21H,2-14,16,19H2,1H3;/q+1;-1. The zero-order valence-electron chi connectivity index (χ0n) is 16.5. The van der Waals surface area contributed by atoms with Crippen LogP contribution in [0, 0.1) is 10.8 Å². The largest absolute Gasteiger partial charge is 0.357 e. The van der Waals surface area contributed by atoms with Crippen LogP contribution in [0.2, 0.25) is 0 Å². The van der Waals surface area contributed by atoms with Gasteiger partial charge in [-0.1, -0.05) is 90.0 Å². The van der Waals surface area contributed by atoms with E-state index in [9.17, 15) is 0 Å². The van der Waals surface area contributed by atoms with Crippen LogP contribution >= 0.6 is 0 Å². The third-order valence-corrected chi connectivity index (χ3v) is 4.55. The van der Waals surface area contributed by atoms with Gasteiger partial charge in [0.05, 0.1) is 10.8 Å². The summed E-state index contributed by atoms with van der Waals surface area (Å²) < 4.78 is 27.5. The van der Waals surface area contributed by atoms with Crippen LogP contribution in [0.1, 0.15) is 96.8 Å². The highest BCUT2D eigenvalue weighted by Crippen LogP contribution is 2.12. The molecule has 0 aliphatic heterocycles. The molecule has 5 heteroatoms. The minimum absolute atomic E-state index is 1.18. The molecule has 0 fully saturated rings. The molecule has 0 bridgehead atoms. The average molecular weight is 388 g/mol. The van der Waals surface area contributed by atoms with Gasteiger partial charge in [-0.2, -0.15) is 0 Å². The fourth-order valence-electron chi connectivity index (χ4n) is 3.07. The molecule has 0 aromatic carbocycles. The molecule has 4 nitrogen and oxygen atoms in total. The lowest BCUT2D eigenvalue weighted by Crippen LogP contribution is -2.42. The normalized spacial score (nSPS) is 10.7. The van der Waals surface area contributed by atoms with E-state index in [-0.39, 0.29) is 0 Å². The van der Waals surface area contributed by atoms with E-state index in [1.165, 1.54) is 96.4 Å². The summed E-state index contributed by atoms with van der Waals surface area (Å²) in [5.41, 5.74) is 0. The Labute approximate surface area is 163 Å². The van der Waals surface area contributed by atoms with Crippen molar-refractivity contribution in [3.05, 3.63) is 30.6 Å². The van der Waals surface area contributed by atoms with E-state index in [1.807, 2.05) is 0 Å². The lowest BCUT2D eigenvalue weighted by Gasteiger charge is -2.02. The number of hydrogen-bond acceptors (Lipinski definition) is 3. The van der Waals surface area contributed by atoms with Crippen molar-refractivity contribution < 1.29 is 29.3 Å².